The van der Waals surface area contributed by atoms with Crippen molar-refractivity contribution in [3.63, 3.8) is 0 Å². The number of hydrogen-bond donors (Lipinski definition) is 1. The summed E-state index contributed by atoms with van der Waals surface area (Å²) in [4.78, 5) is 15.3. The Balaban J connectivity index is 2.78. The first-order chi connectivity index (χ1) is 6.65. The van der Waals surface area contributed by atoms with Gasteiger partial charge in [-0.1, -0.05) is 0 Å². The monoisotopic (exact) mass is 194 g/mol. The number of rotatable bonds is 3. The van der Waals surface area contributed by atoms with Crippen molar-refractivity contribution in [3.05, 3.63) is 29.6 Å². The van der Waals surface area contributed by atoms with Gasteiger partial charge in [-0.2, -0.15) is 0 Å². The summed E-state index contributed by atoms with van der Waals surface area (Å²) in [6.45, 7) is 3.97. The molecule has 1 aromatic rings. The third-order valence-corrected chi connectivity index (χ3v) is 1.76. The van der Waals surface area contributed by atoms with Crippen molar-refractivity contribution >= 4 is 5.97 Å². The highest BCUT2D eigenvalue weighted by atomic mass is 16.5. The number of carbonyl (C=O) groups is 1. The first kappa shape index (κ1) is 10.7. The summed E-state index contributed by atoms with van der Waals surface area (Å²) >= 11 is 0. The minimum Gasteiger partial charge on any atom is -0.462 e. The minimum atomic E-state index is -0.351. The summed E-state index contributed by atoms with van der Waals surface area (Å²) in [6, 6.07) is 3.28. The highest BCUT2D eigenvalue weighted by molar-refractivity contribution is 5.88. The Hall–Kier alpha value is -1.42. The molecule has 0 aliphatic heterocycles. The molecule has 0 aliphatic carbocycles. The van der Waals surface area contributed by atoms with Crippen LogP contribution in [0.15, 0.2) is 18.3 Å². The third kappa shape index (κ3) is 2.53. The van der Waals surface area contributed by atoms with Crippen LogP contribution >= 0.6 is 0 Å². The molecule has 4 heteroatoms. The number of nitrogens with two attached hydrogens (primary N) is 1. The van der Waals surface area contributed by atoms with Gasteiger partial charge in [-0.3, -0.25) is 4.98 Å². The highest BCUT2D eigenvalue weighted by Gasteiger charge is 2.07. The molecule has 0 spiro atoms. The van der Waals surface area contributed by atoms with Gasteiger partial charge in [0.15, 0.2) is 0 Å². The molecule has 76 valence electrons. The maximum atomic E-state index is 11.2. The van der Waals surface area contributed by atoms with Gasteiger partial charge in [-0.05, 0) is 26.0 Å². The van der Waals surface area contributed by atoms with Crippen molar-refractivity contribution in [2.45, 2.75) is 19.9 Å². The fourth-order valence-corrected chi connectivity index (χ4v) is 1.01. The number of carbonyl (C=O) groups excluding carboxylic acids is 1. The van der Waals surface area contributed by atoms with E-state index in [2.05, 4.69) is 4.98 Å². The molecule has 0 fully saturated rings. The topological polar surface area (TPSA) is 65.2 Å². The smallest absolute Gasteiger partial charge is 0.339 e. The lowest BCUT2D eigenvalue weighted by atomic mass is 10.2. The van der Waals surface area contributed by atoms with Crippen LogP contribution in [-0.4, -0.2) is 17.6 Å². The fourth-order valence-electron chi connectivity index (χ4n) is 1.01. The van der Waals surface area contributed by atoms with Crippen LogP contribution in [-0.2, 0) is 4.74 Å². The summed E-state index contributed by atoms with van der Waals surface area (Å²) in [6.07, 6.45) is 1.48. The molecule has 2 N–H and O–H groups in total. The zero-order valence-corrected chi connectivity index (χ0v) is 8.36. The van der Waals surface area contributed by atoms with Crippen LogP contribution in [0.4, 0.5) is 0 Å². The number of hydrogen-bond acceptors (Lipinski definition) is 4. The quantitative estimate of drug-likeness (QED) is 0.736. The van der Waals surface area contributed by atoms with Crippen LogP contribution in [0, 0.1) is 0 Å². The van der Waals surface area contributed by atoms with Crippen LogP contribution < -0.4 is 5.73 Å². The lowest BCUT2D eigenvalue weighted by molar-refractivity contribution is 0.0526. The van der Waals surface area contributed by atoms with E-state index in [0.717, 1.165) is 5.69 Å². The summed E-state index contributed by atoms with van der Waals surface area (Å²) in [5, 5.41) is 0. The van der Waals surface area contributed by atoms with Crippen LogP contribution in [0.3, 0.4) is 0 Å². The molecule has 0 saturated heterocycles. The van der Waals surface area contributed by atoms with Gasteiger partial charge in [0, 0.05) is 12.2 Å². The van der Waals surface area contributed by atoms with Crippen molar-refractivity contribution in [3.8, 4) is 0 Å². The lowest BCUT2D eigenvalue weighted by Crippen LogP contribution is -2.09. The van der Waals surface area contributed by atoms with Crippen LogP contribution in [0.1, 0.15) is 35.9 Å². The van der Waals surface area contributed by atoms with Gasteiger partial charge in [-0.25, -0.2) is 4.79 Å². The Labute approximate surface area is 83.1 Å². The van der Waals surface area contributed by atoms with Crippen molar-refractivity contribution in [1.29, 1.82) is 0 Å². The van der Waals surface area contributed by atoms with E-state index in [1.807, 2.05) is 6.92 Å². The Kier molecular flexibility index (Phi) is 3.59. The minimum absolute atomic E-state index is 0.119. The Morgan fingerprint density at radius 2 is 2.36 bits per heavy atom. The summed E-state index contributed by atoms with van der Waals surface area (Å²) < 4.78 is 4.82. The molecule has 1 rings (SSSR count). The fraction of sp³-hybridized carbons (Fsp3) is 0.400. The van der Waals surface area contributed by atoms with E-state index in [1.54, 1.807) is 19.1 Å². The normalized spacial score (nSPS) is 12.2. The zero-order valence-electron chi connectivity index (χ0n) is 8.36. The van der Waals surface area contributed by atoms with Crippen molar-refractivity contribution in [2.75, 3.05) is 6.61 Å². The summed E-state index contributed by atoms with van der Waals surface area (Å²) in [5.74, 6) is -0.351. The third-order valence-electron chi connectivity index (χ3n) is 1.76. The first-order valence-corrected chi connectivity index (χ1v) is 4.53. The van der Waals surface area contributed by atoms with Gasteiger partial charge in [0.05, 0.1) is 17.9 Å². The first-order valence-electron chi connectivity index (χ1n) is 4.53. The second kappa shape index (κ2) is 4.72. The molecule has 1 aromatic heterocycles. The average Bonchev–Trinajstić information content (AvgIpc) is 2.18. The molecule has 4 nitrogen and oxygen atoms in total. The maximum Gasteiger partial charge on any atom is 0.339 e. The standard InChI is InChI=1S/C10H14N2O2/c1-3-14-10(13)8-4-5-9(7(2)11)12-6-8/h4-7H,3,11H2,1-2H3. The molecular weight excluding hydrogens is 180 g/mol. The number of aromatic nitrogens is 1. The van der Waals surface area contributed by atoms with E-state index in [-0.39, 0.29) is 12.0 Å². The second-order valence-corrected chi connectivity index (χ2v) is 2.98. The predicted molar refractivity (Wildman–Crippen MR) is 52.8 cm³/mol. The number of ether oxygens (including phenoxy) is 1. The summed E-state index contributed by atoms with van der Waals surface area (Å²) in [7, 11) is 0. The average molecular weight is 194 g/mol. The van der Waals surface area contributed by atoms with Crippen molar-refractivity contribution < 1.29 is 9.53 Å². The SMILES string of the molecule is CCOC(=O)c1ccc(C(C)N)nc1. The molecule has 0 saturated carbocycles. The second-order valence-electron chi connectivity index (χ2n) is 2.98. The molecule has 0 aliphatic rings. The molecular formula is C10H14N2O2. The van der Waals surface area contributed by atoms with Gasteiger partial charge in [0.1, 0.15) is 0 Å². The zero-order chi connectivity index (χ0) is 10.6. The van der Waals surface area contributed by atoms with Crippen molar-refractivity contribution in [2.24, 2.45) is 5.73 Å². The molecule has 1 unspecified atom stereocenters. The number of pyridine rings is 1. The van der Waals surface area contributed by atoms with Crippen LogP contribution in [0.5, 0.6) is 0 Å². The molecule has 1 heterocycles. The van der Waals surface area contributed by atoms with E-state index in [9.17, 15) is 4.79 Å². The van der Waals surface area contributed by atoms with E-state index < -0.39 is 0 Å². The highest BCUT2D eigenvalue weighted by Crippen LogP contribution is 2.07. The van der Waals surface area contributed by atoms with Gasteiger partial charge in [0.2, 0.25) is 0 Å². The van der Waals surface area contributed by atoms with Crippen LogP contribution in [0.25, 0.3) is 0 Å². The largest absolute Gasteiger partial charge is 0.462 e. The van der Waals surface area contributed by atoms with E-state index in [1.165, 1.54) is 6.20 Å². The molecule has 14 heavy (non-hydrogen) atoms. The summed E-state index contributed by atoms with van der Waals surface area (Å²) in [5.41, 5.74) is 6.84. The number of nitrogens with zero attached hydrogens (tertiary/aromatic N) is 1. The van der Waals surface area contributed by atoms with E-state index in [4.69, 9.17) is 10.5 Å². The molecule has 1 atom stereocenters. The molecule has 0 amide bonds. The number of esters is 1. The Morgan fingerprint density at radius 1 is 1.64 bits per heavy atom. The van der Waals surface area contributed by atoms with E-state index in [0.29, 0.717) is 12.2 Å². The Bertz CT molecular complexity index is 306. The lowest BCUT2D eigenvalue weighted by Gasteiger charge is -2.05. The predicted octanol–water partition coefficient (Wildman–Crippen LogP) is 1.28. The molecule has 0 radical (unpaired) electrons. The van der Waals surface area contributed by atoms with Gasteiger partial charge in [-0.15, -0.1) is 0 Å². The van der Waals surface area contributed by atoms with Gasteiger partial charge < -0.3 is 10.5 Å². The maximum absolute atomic E-state index is 11.2. The van der Waals surface area contributed by atoms with E-state index >= 15 is 0 Å². The van der Waals surface area contributed by atoms with Gasteiger partial charge >= 0.3 is 5.97 Å². The molecule has 0 bridgehead atoms. The van der Waals surface area contributed by atoms with Crippen LogP contribution in [0.2, 0.25) is 0 Å². The van der Waals surface area contributed by atoms with Gasteiger partial charge in [0.25, 0.3) is 0 Å². The Morgan fingerprint density at radius 3 is 2.79 bits per heavy atom. The molecule has 0 aromatic carbocycles. The van der Waals surface area contributed by atoms with Crippen molar-refractivity contribution in [1.82, 2.24) is 4.98 Å².